The smallest absolute Gasteiger partial charge is 0.157 e. The summed E-state index contributed by atoms with van der Waals surface area (Å²) >= 11 is 0. The molecule has 0 atom stereocenters. The van der Waals surface area contributed by atoms with Crippen LogP contribution in [-0.2, 0) is 0 Å². The first kappa shape index (κ1) is 12.2. The fraction of sp³-hybridized carbons (Fsp3) is 0.0667. The molecular weight excluding hydrogens is 254 g/mol. The van der Waals surface area contributed by atoms with E-state index in [9.17, 15) is 0 Å². The van der Waals surface area contributed by atoms with Gasteiger partial charge in [-0.3, -0.25) is 0 Å². The highest BCUT2D eigenvalue weighted by atomic mass is 16.5. The van der Waals surface area contributed by atoms with Crippen LogP contribution in [0.4, 0.5) is 5.69 Å². The normalized spacial score (nSPS) is 10.4. The van der Waals surface area contributed by atoms with E-state index in [1.807, 2.05) is 24.3 Å². The SMILES string of the molecule is COc1ccc(Oc2cnnc3ccccc23)c(N)c1. The van der Waals surface area contributed by atoms with E-state index in [1.165, 1.54) is 0 Å². The number of aromatic nitrogens is 2. The van der Waals surface area contributed by atoms with Gasteiger partial charge in [-0.05, 0) is 24.3 Å². The molecule has 100 valence electrons. The van der Waals surface area contributed by atoms with E-state index >= 15 is 0 Å². The summed E-state index contributed by atoms with van der Waals surface area (Å²) in [5, 5.41) is 8.87. The van der Waals surface area contributed by atoms with Gasteiger partial charge in [-0.1, -0.05) is 12.1 Å². The Hall–Kier alpha value is -2.82. The van der Waals surface area contributed by atoms with Gasteiger partial charge in [0.05, 0.1) is 24.5 Å². The number of rotatable bonds is 3. The molecule has 2 aromatic carbocycles. The molecule has 1 heterocycles. The molecule has 5 nitrogen and oxygen atoms in total. The van der Waals surface area contributed by atoms with Gasteiger partial charge < -0.3 is 15.2 Å². The number of nitrogen functional groups attached to an aromatic ring is 1. The summed E-state index contributed by atoms with van der Waals surface area (Å²) in [5.74, 6) is 1.86. The van der Waals surface area contributed by atoms with Crippen LogP contribution in [0, 0.1) is 0 Å². The number of nitrogens with two attached hydrogens (primary N) is 1. The van der Waals surface area contributed by atoms with Crippen LogP contribution in [0.1, 0.15) is 0 Å². The summed E-state index contributed by atoms with van der Waals surface area (Å²) in [6.45, 7) is 0. The topological polar surface area (TPSA) is 70.3 Å². The standard InChI is InChI=1S/C15H13N3O2/c1-19-10-6-7-14(12(16)8-10)20-15-9-17-18-13-5-3-2-4-11(13)15/h2-9H,16H2,1H3. The van der Waals surface area contributed by atoms with Crippen LogP contribution in [0.25, 0.3) is 10.9 Å². The van der Waals surface area contributed by atoms with E-state index in [0.29, 0.717) is 22.9 Å². The molecule has 1 aromatic heterocycles. The molecule has 0 aliphatic heterocycles. The maximum absolute atomic E-state index is 5.95. The molecule has 0 spiro atoms. The lowest BCUT2D eigenvalue weighted by Gasteiger charge is -2.10. The van der Waals surface area contributed by atoms with Gasteiger partial charge in [0.2, 0.25) is 0 Å². The van der Waals surface area contributed by atoms with E-state index in [0.717, 1.165) is 10.9 Å². The van der Waals surface area contributed by atoms with Gasteiger partial charge >= 0.3 is 0 Å². The van der Waals surface area contributed by atoms with Crippen molar-refractivity contribution in [2.45, 2.75) is 0 Å². The number of fused-ring (bicyclic) bond motifs is 1. The van der Waals surface area contributed by atoms with Crippen molar-refractivity contribution in [3.63, 3.8) is 0 Å². The van der Waals surface area contributed by atoms with E-state index in [-0.39, 0.29) is 0 Å². The largest absolute Gasteiger partial charge is 0.497 e. The van der Waals surface area contributed by atoms with Crippen molar-refractivity contribution in [2.24, 2.45) is 0 Å². The Morgan fingerprint density at radius 3 is 2.70 bits per heavy atom. The molecule has 0 unspecified atom stereocenters. The number of benzene rings is 2. The third kappa shape index (κ3) is 2.21. The second kappa shape index (κ2) is 5.05. The van der Waals surface area contributed by atoms with Crippen molar-refractivity contribution in [1.29, 1.82) is 0 Å². The average molecular weight is 267 g/mol. The Kier molecular flexibility index (Phi) is 3.09. The average Bonchev–Trinajstić information content (AvgIpc) is 2.49. The van der Waals surface area contributed by atoms with Gasteiger partial charge in [-0.2, -0.15) is 10.2 Å². The highest BCUT2D eigenvalue weighted by Gasteiger charge is 2.08. The maximum Gasteiger partial charge on any atom is 0.157 e. The summed E-state index contributed by atoms with van der Waals surface area (Å²) in [6.07, 6.45) is 1.58. The monoisotopic (exact) mass is 267 g/mol. The van der Waals surface area contributed by atoms with E-state index in [4.69, 9.17) is 15.2 Å². The Morgan fingerprint density at radius 2 is 1.90 bits per heavy atom. The highest BCUT2D eigenvalue weighted by Crippen LogP contribution is 2.33. The van der Waals surface area contributed by atoms with Crippen LogP contribution < -0.4 is 15.2 Å². The predicted molar refractivity (Wildman–Crippen MR) is 77.0 cm³/mol. The van der Waals surface area contributed by atoms with Crippen molar-refractivity contribution in [2.75, 3.05) is 12.8 Å². The van der Waals surface area contributed by atoms with Gasteiger partial charge in [0.15, 0.2) is 11.5 Å². The van der Waals surface area contributed by atoms with Crippen LogP contribution in [-0.4, -0.2) is 17.3 Å². The molecule has 0 fully saturated rings. The first-order valence-electron chi connectivity index (χ1n) is 6.10. The number of hydrogen-bond donors (Lipinski definition) is 1. The lowest BCUT2D eigenvalue weighted by atomic mass is 10.2. The molecule has 0 saturated heterocycles. The molecule has 0 aliphatic carbocycles. The van der Waals surface area contributed by atoms with Crippen molar-refractivity contribution in [3.8, 4) is 17.2 Å². The van der Waals surface area contributed by atoms with Crippen molar-refractivity contribution < 1.29 is 9.47 Å². The molecule has 20 heavy (non-hydrogen) atoms. The Morgan fingerprint density at radius 1 is 1.05 bits per heavy atom. The highest BCUT2D eigenvalue weighted by molar-refractivity contribution is 5.84. The number of hydrogen-bond acceptors (Lipinski definition) is 5. The molecule has 3 rings (SSSR count). The van der Waals surface area contributed by atoms with Crippen molar-refractivity contribution >= 4 is 16.6 Å². The molecular formula is C15H13N3O2. The second-order valence-corrected chi connectivity index (χ2v) is 4.23. The van der Waals surface area contributed by atoms with E-state index in [2.05, 4.69) is 10.2 Å². The summed E-state index contributed by atoms with van der Waals surface area (Å²) in [4.78, 5) is 0. The zero-order valence-corrected chi connectivity index (χ0v) is 10.9. The van der Waals surface area contributed by atoms with E-state index < -0.39 is 0 Å². The van der Waals surface area contributed by atoms with Crippen molar-refractivity contribution in [1.82, 2.24) is 10.2 Å². The zero-order chi connectivity index (χ0) is 13.9. The van der Waals surface area contributed by atoms with Crippen LogP contribution in [0.2, 0.25) is 0 Å². The molecule has 3 aromatic rings. The Labute approximate surface area is 116 Å². The van der Waals surface area contributed by atoms with Crippen LogP contribution in [0.3, 0.4) is 0 Å². The van der Waals surface area contributed by atoms with Gasteiger partial charge in [0, 0.05) is 11.5 Å². The van der Waals surface area contributed by atoms with Crippen molar-refractivity contribution in [3.05, 3.63) is 48.7 Å². The molecule has 0 aliphatic rings. The summed E-state index contributed by atoms with van der Waals surface area (Å²) in [7, 11) is 1.59. The summed E-state index contributed by atoms with van der Waals surface area (Å²) < 4.78 is 11.0. The van der Waals surface area contributed by atoms with Crippen LogP contribution in [0.15, 0.2) is 48.7 Å². The van der Waals surface area contributed by atoms with Gasteiger partial charge in [0.25, 0.3) is 0 Å². The van der Waals surface area contributed by atoms with Gasteiger partial charge in [-0.25, -0.2) is 0 Å². The minimum absolute atomic E-state index is 0.505. The zero-order valence-electron chi connectivity index (χ0n) is 10.9. The van der Waals surface area contributed by atoms with Gasteiger partial charge in [0.1, 0.15) is 5.75 Å². The van der Waals surface area contributed by atoms with E-state index in [1.54, 1.807) is 31.5 Å². The number of ether oxygens (including phenoxy) is 2. The Balaban J connectivity index is 2.01. The molecule has 2 N–H and O–H groups in total. The Bertz CT molecular complexity index is 754. The number of nitrogens with zero attached hydrogens (tertiary/aromatic N) is 2. The summed E-state index contributed by atoms with van der Waals surface area (Å²) in [5.41, 5.74) is 7.23. The van der Waals surface area contributed by atoms with Crippen LogP contribution >= 0.6 is 0 Å². The second-order valence-electron chi connectivity index (χ2n) is 4.23. The quantitative estimate of drug-likeness (QED) is 0.739. The fourth-order valence-corrected chi connectivity index (χ4v) is 1.93. The predicted octanol–water partition coefficient (Wildman–Crippen LogP) is 3.01. The fourth-order valence-electron chi connectivity index (χ4n) is 1.93. The van der Waals surface area contributed by atoms with Gasteiger partial charge in [-0.15, -0.1) is 0 Å². The third-order valence-electron chi connectivity index (χ3n) is 2.95. The minimum Gasteiger partial charge on any atom is -0.497 e. The lowest BCUT2D eigenvalue weighted by molar-refractivity contribution is 0.413. The third-order valence-corrected chi connectivity index (χ3v) is 2.95. The molecule has 0 radical (unpaired) electrons. The molecule has 0 amide bonds. The maximum atomic E-state index is 5.95. The molecule has 0 bridgehead atoms. The minimum atomic E-state index is 0.505. The van der Waals surface area contributed by atoms with Crippen LogP contribution in [0.5, 0.6) is 17.2 Å². The molecule has 5 heteroatoms. The number of methoxy groups -OCH3 is 1. The first-order chi connectivity index (χ1) is 9.78. The molecule has 0 saturated carbocycles. The lowest BCUT2D eigenvalue weighted by Crippen LogP contribution is -1.95. The summed E-state index contributed by atoms with van der Waals surface area (Å²) in [6, 6.07) is 12.9. The number of anilines is 1. The first-order valence-corrected chi connectivity index (χ1v) is 6.10.